The lowest BCUT2D eigenvalue weighted by Gasteiger charge is -2.10. The van der Waals surface area contributed by atoms with Crippen LogP contribution < -0.4 is 0 Å². The van der Waals surface area contributed by atoms with Crippen molar-refractivity contribution in [3.05, 3.63) is 0 Å². The molecule has 0 aliphatic heterocycles. The third-order valence-corrected chi connectivity index (χ3v) is 6.64. The van der Waals surface area contributed by atoms with Crippen LogP contribution in [0.5, 0.6) is 0 Å². The number of hydrogen-bond donors (Lipinski definition) is 3. The van der Waals surface area contributed by atoms with Crippen molar-refractivity contribution >= 4 is 0 Å². The predicted octanol–water partition coefficient (Wildman–Crippen LogP) is 8.08. The molecule has 0 spiro atoms. The normalized spacial score (nSPS) is 12.5. The van der Waals surface area contributed by atoms with Crippen molar-refractivity contribution in [2.45, 2.75) is 167 Å². The Hall–Kier alpha value is -0.120. The second-order valence-corrected chi connectivity index (χ2v) is 9.81. The molecule has 0 saturated heterocycles. The zero-order chi connectivity index (χ0) is 22.7. The van der Waals surface area contributed by atoms with Crippen molar-refractivity contribution in [1.29, 1.82) is 0 Å². The molecule has 0 radical (unpaired) electrons. The highest BCUT2D eigenvalue weighted by Crippen LogP contribution is 2.16. The molecule has 0 aliphatic rings. The first kappa shape index (κ1) is 30.9. The Morgan fingerprint density at radius 2 is 0.484 bits per heavy atom. The molecule has 31 heavy (non-hydrogen) atoms. The van der Waals surface area contributed by atoms with Crippen LogP contribution in [0.1, 0.15) is 161 Å². The third kappa shape index (κ3) is 27.8. The number of aliphatic hydroxyl groups excluding tert-OH is 3. The summed E-state index contributed by atoms with van der Waals surface area (Å²) >= 11 is 0. The van der Waals surface area contributed by atoms with Crippen molar-refractivity contribution < 1.29 is 15.3 Å². The van der Waals surface area contributed by atoms with E-state index >= 15 is 0 Å². The molecule has 3 nitrogen and oxygen atoms in total. The summed E-state index contributed by atoms with van der Waals surface area (Å²) in [6.07, 6.45) is 31.5. The minimum atomic E-state index is -0.0741. The lowest BCUT2D eigenvalue weighted by atomic mass is 10.0. The van der Waals surface area contributed by atoms with Crippen LogP contribution in [0.4, 0.5) is 0 Å². The van der Waals surface area contributed by atoms with Crippen LogP contribution in [0.2, 0.25) is 0 Å². The molecule has 0 fully saturated rings. The Labute approximate surface area is 195 Å². The summed E-state index contributed by atoms with van der Waals surface area (Å²) in [6, 6.07) is 0. The summed E-state index contributed by atoms with van der Waals surface area (Å²) in [5.74, 6) is 0. The Bertz CT molecular complexity index is 309. The number of rotatable bonds is 27. The molecule has 0 aromatic heterocycles. The Balaban J connectivity index is 3.11. The maximum atomic E-state index is 10.1. The fraction of sp³-hybridized carbons (Fsp3) is 1.00. The third-order valence-electron chi connectivity index (χ3n) is 6.64. The second kappa shape index (κ2) is 27.9. The molecule has 0 aliphatic carbocycles. The fourth-order valence-electron chi connectivity index (χ4n) is 4.49. The quantitative estimate of drug-likeness (QED) is 0.113. The highest BCUT2D eigenvalue weighted by molar-refractivity contribution is 4.58. The van der Waals surface area contributed by atoms with E-state index in [1.54, 1.807) is 0 Å². The molecule has 3 heteroatoms. The predicted molar refractivity (Wildman–Crippen MR) is 136 cm³/mol. The molecule has 0 amide bonds. The summed E-state index contributed by atoms with van der Waals surface area (Å²) in [5, 5.41) is 27.6. The number of aliphatic hydroxyl groups is 3. The molecule has 1 atom stereocenters. The van der Waals surface area contributed by atoms with Gasteiger partial charge >= 0.3 is 0 Å². The topological polar surface area (TPSA) is 60.7 Å². The van der Waals surface area contributed by atoms with Gasteiger partial charge in [0.2, 0.25) is 0 Å². The molecular weight excluding hydrogens is 384 g/mol. The lowest BCUT2D eigenvalue weighted by Crippen LogP contribution is -2.05. The van der Waals surface area contributed by atoms with Crippen LogP contribution in [0, 0.1) is 0 Å². The standard InChI is InChI=1S/C28H58O3/c29-26-22-18-14-10-8-6-4-2-1-3-5-7-9-12-16-20-24-28(31)25-21-17-13-11-15-19-23-27-30/h28-31H,1-27H2. The summed E-state index contributed by atoms with van der Waals surface area (Å²) < 4.78 is 0. The summed E-state index contributed by atoms with van der Waals surface area (Å²) in [7, 11) is 0. The first-order chi connectivity index (χ1) is 15.3. The lowest BCUT2D eigenvalue weighted by molar-refractivity contribution is 0.147. The highest BCUT2D eigenvalue weighted by atomic mass is 16.3. The molecule has 0 heterocycles. The summed E-state index contributed by atoms with van der Waals surface area (Å²) in [4.78, 5) is 0. The van der Waals surface area contributed by atoms with E-state index < -0.39 is 0 Å². The average Bonchev–Trinajstić information content (AvgIpc) is 2.77. The first-order valence-corrected chi connectivity index (χ1v) is 14.2. The molecule has 0 rings (SSSR count). The smallest absolute Gasteiger partial charge is 0.0540 e. The van der Waals surface area contributed by atoms with Crippen LogP contribution in [0.3, 0.4) is 0 Å². The van der Waals surface area contributed by atoms with Gasteiger partial charge in [0.05, 0.1) is 6.10 Å². The largest absolute Gasteiger partial charge is 0.396 e. The maximum Gasteiger partial charge on any atom is 0.0540 e. The fourth-order valence-corrected chi connectivity index (χ4v) is 4.49. The van der Waals surface area contributed by atoms with Gasteiger partial charge in [0.15, 0.2) is 0 Å². The van der Waals surface area contributed by atoms with E-state index in [0.29, 0.717) is 13.2 Å². The van der Waals surface area contributed by atoms with Gasteiger partial charge in [-0.25, -0.2) is 0 Å². The minimum Gasteiger partial charge on any atom is -0.396 e. The van der Waals surface area contributed by atoms with Gasteiger partial charge in [0.25, 0.3) is 0 Å². The summed E-state index contributed by atoms with van der Waals surface area (Å²) in [5.41, 5.74) is 0. The van der Waals surface area contributed by atoms with Crippen molar-refractivity contribution in [2.24, 2.45) is 0 Å². The van der Waals surface area contributed by atoms with Gasteiger partial charge < -0.3 is 15.3 Å². The van der Waals surface area contributed by atoms with Gasteiger partial charge in [-0.15, -0.1) is 0 Å². The Kier molecular flexibility index (Phi) is 27.8. The minimum absolute atomic E-state index is 0.0741. The van der Waals surface area contributed by atoms with E-state index in [0.717, 1.165) is 32.1 Å². The second-order valence-electron chi connectivity index (χ2n) is 9.81. The van der Waals surface area contributed by atoms with E-state index in [2.05, 4.69) is 0 Å². The molecule has 3 N–H and O–H groups in total. The summed E-state index contributed by atoms with van der Waals surface area (Å²) in [6.45, 7) is 0.693. The van der Waals surface area contributed by atoms with Gasteiger partial charge in [0, 0.05) is 13.2 Å². The zero-order valence-electron chi connectivity index (χ0n) is 21.0. The van der Waals surface area contributed by atoms with E-state index in [4.69, 9.17) is 10.2 Å². The number of unbranched alkanes of at least 4 members (excludes halogenated alkanes) is 21. The molecule has 0 saturated carbocycles. The van der Waals surface area contributed by atoms with E-state index in [-0.39, 0.29) is 6.10 Å². The Morgan fingerprint density at radius 1 is 0.290 bits per heavy atom. The molecule has 0 bridgehead atoms. The Morgan fingerprint density at radius 3 is 0.710 bits per heavy atom. The van der Waals surface area contributed by atoms with Crippen LogP contribution in [-0.2, 0) is 0 Å². The maximum absolute atomic E-state index is 10.1. The molecular formula is C28H58O3. The van der Waals surface area contributed by atoms with Crippen LogP contribution in [-0.4, -0.2) is 34.6 Å². The SMILES string of the molecule is OCCCCCCCCCCCCCCCCCCC(O)CCCCCCCCCO. The van der Waals surface area contributed by atoms with Crippen molar-refractivity contribution in [3.8, 4) is 0 Å². The van der Waals surface area contributed by atoms with Gasteiger partial charge in [-0.05, 0) is 25.7 Å². The van der Waals surface area contributed by atoms with Gasteiger partial charge in [-0.3, -0.25) is 0 Å². The van der Waals surface area contributed by atoms with Crippen LogP contribution >= 0.6 is 0 Å². The molecule has 188 valence electrons. The molecule has 1 unspecified atom stereocenters. The molecule has 0 aromatic rings. The first-order valence-electron chi connectivity index (χ1n) is 14.2. The van der Waals surface area contributed by atoms with Gasteiger partial charge in [-0.1, -0.05) is 135 Å². The zero-order valence-corrected chi connectivity index (χ0v) is 21.0. The van der Waals surface area contributed by atoms with E-state index in [1.807, 2.05) is 0 Å². The van der Waals surface area contributed by atoms with Crippen LogP contribution in [0.25, 0.3) is 0 Å². The highest BCUT2D eigenvalue weighted by Gasteiger charge is 2.03. The van der Waals surface area contributed by atoms with Gasteiger partial charge in [-0.2, -0.15) is 0 Å². The van der Waals surface area contributed by atoms with Crippen molar-refractivity contribution in [3.63, 3.8) is 0 Å². The average molecular weight is 443 g/mol. The van der Waals surface area contributed by atoms with Gasteiger partial charge in [0.1, 0.15) is 0 Å². The number of hydrogen-bond acceptors (Lipinski definition) is 3. The van der Waals surface area contributed by atoms with Crippen molar-refractivity contribution in [1.82, 2.24) is 0 Å². The molecule has 0 aromatic carbocycles. The van der Waals surface area contributed by atoms with E-state index in [9.17, 15) is 5.11 Å². The monoisotopic (exact) mass is 442 g/mol. The van der Waals surface area contributed by atoms with Crippen molar-refractivity contribution in [2.75, 3.05) is 13.2 Å². The van der Waals surface area contributed by atoms with Crippen LogP contribution in [0.15, 0.2) is 0 Å². The van der Waals surface area contributed by atoms with E-state index in [1.165, 1.54) is 128 Å².